The number of piperazine rings is 1. The topological polar surface area (TPSA) is 58.1 Å². The highest BCUT2D eigenvalue weighted by Crippen LogP contribution is 2.28. The molecule has 1 aliphatic rings. The Balaban J connectivity index is 1.27. The van der Waals surface area contributed by atoms with E-state index in [2.05, 4.69) is 9.80 Å². The van der Waals surface area contributed by atoms with Crippen molar-refractivity contribution in [1.82, 2.24) is 14.8 Å². The van der Waals surface area contributed by atoms with Crippen LogP contribution in [-0.2, 0) is 19.6 Å². The van der Waals surface area contributed by atoms with Crippen LogP contribution >= 0.6 is 22.9 Å². The largest absolute Gasteiger partial charge is 0.497 e. The van der Waals surface area contributed by atoms with Crippen molar-refractivity contribution in [2.45, 2.75) is 19.6 Å². The van der Waals surface area contributed by atoms with Gasteiger partial charge in [-0.2, -0.15) is 0 Å². The molecule has 3 aromatic carbocycles. The lowest BCUT2D eigenvalue weighted by atomic mass is 10.1. The number of hydrogen-bond acceptors (Lipinski definition) is 7. The molecule has 1 aromatic heterocycles. The third-order valence-electron chi connectivity index (χ3n) is 7.08. The highest BCUT2D eigenvalue weighted by Gasteiger charge is 2.25. The van der Waals surface area contributed by atoms with Crippen molar-refractivity contribution >= 4 is 34.5 Å². The van der Waals surface area contributed by atoms with E-state index >= 15 is 0 Å². The van der Waals surface area contributed by atoms with Gasteiger partial charge in [0.1, 0.15) is 28.0 Å². The Kier molecular flexibility index (Phi) is 9.38. The van der Waals surface area contributed by atoms with Crippen molar-refractivity contribution in [2.75, 3.05) is 45.3 Å². The van der Waals surface area contributed by atoms with Crippen LogP contribution < -0.4 is 14.4 Å². The van der Waals surface area contributed by atoms with E-state index in [1.54, 1.807) is 26.4 Å². The first kappa shape index (κ1) is 28.9. The Bertz CT molecular complexity index is 1470. The summed E-state index contributed by atoms with van der Waals surface area (Å²) in [7, 11) is 3.26. The fourth-order valence-electron chi connectivity index (χ4n) is 4.91. The van der Waals surface area contributed by atoms with Gasteiger partial charge in [0.15, 0.2) is 0 Å². The molecule has 214 valence electrons. The maximum atomic E-state index is 13.5. The zero-order valence-electron chi connectivity index (χ0n) is 23.1. The molecular formula is C31H32ClFN4O3S. The van der Waals surface area contributed by atoms with Gasteiger partial charge in [-0.3, -0.25) is 9.69 Å². The number of halogens is 2. The number of aromatic nitrogens is 1. The van der Waals surface area contributed by atoms with Gasteiger partial charge in [0, 0.05) is 67.0 Å². The Morgan fingerprint density at radius 2 is 1.76 bits per heavy atom. The molecule has 0 atom stereocenters. The number of ether oxygens (including phenoxy) is 2. The molecule has 0 unspecified atom stereocenters. The lowest BCUT2D eigenvalue weighted by Crippen LogP contribution is -2.48. The SMILES string of the molecule is COc1ccc(CN(Cc2ccc(F)cc2)Cc2nc(C(=O)N3CCN(c4cccc(Cl)c4)CC3)cs2)c(OC)c1. The van der Waals surface area contributed by atoms with E-state index in [1.165, 1.54) is 23.5 Å². The average molecular weight is 595 g/mol. The van der Waals surface area contributed by atoms with Crippen LogP contribution in [0.3, 0.4) is 0 Å². The molecule has 0 saturated carbocycles. The first-order valence-corrected chi connectivity index (χ1v) is 14.6. The van der Waals surface area contributed by atoms with E-state index in [4.69, 9.17) is 26.1 Å². The number of anilines is 1. The predicted molar refractivity (Wildman–Crippen MR) is 161 cm³/mol. The lowest BCUT2D eigenvalue weighted by molar-refractivity contribution is 0.0741. The lowest BCUT2D eigenvalue weighted by Gasteiger charge is -2.35. The van der Waals surface area contributed by atoms with Crippen molar-refractivity contribution in [1.29, 1.82) is 0 Å². The average Bonchev–Trinajstić information content (AvgIpc) is 3.46. The Hall–Kier alpha value is -3.66. The third kappa shape index (κ3) is 7.35. The van der Waals surface area contributed by atoms with Gasteiger partial charge in [-0.25, -0.2) is 9.37 Å². The molecule has 41 heavy (non-hydrogen) atoms. The summed E-state index contributed by atoms with van der Waals surface area (Å²) in [5, 5.41) is 3.38. The number of hydrogen-bond donors (Lipinski definition) is 0. The first-order valence-electron chi connectivity index (χ1n) is 13.3. The van der Waals surface area contributed by atoms with Crippen molar-refractivity contribution in [2.24, 2.45) is 0 Å². The van der Waals surface area contributed by atoms with Crippen LogP contribution in [0.2, 0.25) is 5.02 Å². The van der Waals surface area contributed by atoms with E-state index < -0.39 is 0 Å². The first-order chi connectivity index (χ1) is 19.9. The number of carbonyl (C=O) groups excluding carboxylic acids is 1. The summed E-state index contributed by atoms with van der Waals surface area (Å²) in [4.78, 5) is 24.3. The minimum atomic E-state index is -0.270. The summed E-state index contributed by atoms with van der Waals surface area (Å²) < 4.78 is 24.5. The summed E-state index contributed by atoms with van der Waals surface area (Å²) in [6.45, 7) is 4.37. The van der Waals surface area contributed by atoms with Crippen LogP contribution in [0.15, 0.2) is 72.1 Å². The highest BCUT2D eigenvalue weighted by molar-refractivity contribution is 7.09. The van der Waals surface area contributed by atoms with Crippen LogP contribution in [0.5, 0.6) is 11.5 Å². The molecule has 1 fully saturated rings. The second-order valence-corrected chi connectivity index (χ2v) is 11.2. The van der Waals surface area contributed by atoms with Gasteiger partial charge in [0.25, 0.3) is 5.91 Å². The summed E-state index contributed by atoms with van der Waals surface area (Å²) >= 11 is 7.63. The number of carbonyl (C=O) groups is 1. The molecular weight excluding hydrogens is 563 g/mol. The number of methoxy groups -OCH3 is 2. The van der Waals surface area contributed by atoms with Gasteiger partial charge in [0.2, 0.25) is 0 Å². The van der Waals surface area contributed by atoms with Crippen LogP contribution in [0, 0.1) is 5.82 Å². The number of amides is 1. The van der Waals surface area contributed by atoms with Crippen LogP contribution in [0.1, 0.15) is 26.6 Å². The highest BCUT2D eigenvalue weighted by atomic mass is 35.5. The monoisotopic (exact) mass is 594 g/mol. The molecule has 1 amide bonds. The van der Waals surface area contributed by atoms with Crippen molar-refractivity contribution in [3.8, 4) is 11.5 Å². The third-order valence-corrected chi connectivity index (χ3v) is 8.15. The minimum absolute atomic E-state index is 0.0554. The Morgan fingerprint density at radius 1 is 0.976 bits per heavy atom. The minimum Gasteiger partial charge on any atom is -0.497 e. The molecule has 0 aliphatic carbocycles. The number of rotatable bonds is 10. The molecule has 0 N–H and O–H groups in total. The molecule has 1 aliphatic heterocycles. The van der Waals surface area contributed by atoms with Gasteiger partial charge >= 0.3 is 0 Å². The molecule has 5 rings (SSSR count). The molecule has 0 radical (unpaired) electrons. The Labute approximate surface area is 248 Å². The fourth-order valence-corrected chi connectivity index (χ4v) is 5.91. The smallest absolute Gasteiger partial charge is 0.273 e. The van der Waals surface area contributed by atoms with Crippen LogP contribution in [-0.4, -0.2) is 61.1 Å². The van der Waals surface area contributed by atoms with Crippen LogP contribution in [0.25, 0.3) is 0 Å². The molecule has 0 spiro atoms. The summed E-state index contributed by atoms with van der Waals surface area (Å²) in [6.07, 6.45) is 0. The zero-order chi connectivity index (χ0) is 28.8. The van der Waals surface area contributed by atoms with E-state index in [9.17, 15) is 9.18 Å². The van der Waals surface area contributed by atoms with Gasteiger partial charge in [0.05, 0.1) is 20.8 Å². The molecule has 0 bridgehead atoms. The zero-order valence-corrected chi connectivity index (χ0v) is 24.6. The Morgan fingerprint density at radius 3 is 2.46 bits per heavy atom. The van der Waals surface area contributed by atoms with Crippen LogP contribution in [0.4, 0.5) is 10.1 Å². The molecule has 7 nitrogen and oxygen atoms in total. The maximum absolute atomic E-state index is 13.5. The van der Waals surface area contributed by atoms with Gasteiger partial charge in [-0.1, -0.05) is 35.9 Å². The van der Waals surface area contributed by atoms with Gasteiger partial charge in [-0.15, -0.1) is 11.3 Å². The normalized spacial score (nSPS) is 13.5. The van der Waals surface area contributed by atoms with E-state index in [1.807, 2.05) is 52.7 Å². The standard InChI is InChI=1S/C31H32ClFN4O3S/c1-39-27-11-8-23(29(17-27)40-2)19-35(18-22-6-9-25(33)10-7-22)20-30-34-28(21-41-30)31(38)37-14-12-36(13-15-37)26-5-3-4-24(32)16-26/h3-11,16-17,21H,12-15,18-20H2,1-2H3. The maximum Gasteiger partial charge on any atom is 0.273 e. The van der Waals surface area contributed by atoms with Crippen molar-refractivity contribution < 1.29 is 18.7 Å². The number of benzene rings is 3. The predicted octanol–water partition coefficient (Wildman–Crippen LogP) is 6.12. The summed E-state index contributed by atoms with van der Waals surface area (Å²) in [6, 6.07) is 20.0. The quantitative estimate of drug-likeness (QED) is 0.221. The van der Waals surface area contributed by atoms with E-state index in [0.717, 1.165) is 40.7 Å². The molecule has 10 heteroatoms. The van der Waals surface area contributed by atoms with Crippen molar-refractivity contribution in [3.63, 3.8) is 0 Å². The van der Waals surface area contributed by atoms with E-state index in [0.29, 0.717) is 49.2 Å². The van der Waals surface area contributed by atoms with Gasteiger partial charge in [-0.05, 0) is 42.0 Å². The molecule has 1 saturated heterocycles. The number of thiazole rings is 1. The summed E-state index contributed by atoms with van der Waals surface area (Å²) in [5.74, 6) is 1.11. The second-order valence-electron chi connectivity index (χ2n) is 9.84. The molecule has 2 heterocycles. The second kappa shape index (κ2) is 13.3. The van der Waals surface area contributed by atoms with Crippen molar-refractivity contribution in [3.05, 3.63) is 105 Å². The van der Waals surface area contributed by atoms with E-state index in [-0.39, 0.29) is 11.7 Å². The fraction of sp³-hybridized carbons (Fsp3) is 0.290. The number of nitrogens with zero attached hydrogens (tertiary/aromatic N) is 4. The molecule has 4 aromatic rings. The van der Waals surface area contributed by atoms with Gasteiger partial charge < -0.3 is 19.3 Å². The summed E-state index contributed by atoms with van der Waals surface area (Å²) in [5.41, 5.74) is 3.49.